The predicted molar refractivity (Wildman–Crippen MR) is 103 cm³/mol. The fourth-order valence-corrected chi connectivity index (χ4v) is 3.33. The third-order valence-corrected chi connectivity index (χ3v) is 4.99. The summed E-state index contributed by atoms with van der Waals surface area (Å²) in [5.41, 5.74) is 1.48. The van der Waals surface area contributed by atoms with Crippen LogP contribution < -0.4 is 10.6 Å². The van der Waals surface area contributed by atoms with Gasteiger partial charge in [0.05, 0.1) is 6.33 Å². The third-order valence-electron chi connectivity index (χ3n) is 4.99. The number of hydrogen-bond acceptors (Lipinski definition) is 8. The summed E-state index contributed by atoms with van der Waals surface area (Å²) in [7, 11) is 0. The SMILES string of the molecule is O=C1CCCN1CCn1cnc2c(NC3CC3)nc(Nc3ccncn3)nc21. The predicted octanol–water partition coefficient (Wildman–Crippen LogP) is 1.56. The minimum Gasteiger partial charge on any atom is -0.365 e. The van der Waals surface area contributed by atoms with Crippen LogP contribution in [0.15, 0.2) is 24.9 Å². The Morgan fingerprint density at radius 1 is 1.18 bits per heavy atom. The van der Waals surface area contributed by atoms with Gasteiger partial charge < -0.3 is 20.1 Å². The Hall–Kier alpha value is -3.30. The van der Waals surface area contributed by atoms with E-state index in [0.29, 0.717) is 37.3 Å². The van der Waals surface area contributed by atoms with Crippen LogP contribution in [0.5, 0.6) is 0 Å². The van der Waals surface area contributed by atoms with Gasteiger partial charge in [-0.05, 0) is 25.3 Å². The lowest BCUT2D eigenvalue weighted by molar-refractivity contribution is -0.127. The Labute approximate surface area is 161 Å². The molecule has 3 aromatic heterocycles. The van der Waals surface area contributed by atoms with Crippen molar-refractivity contribution in [2.24, 2.45) is 0 Å². The second kappa shape index (κ2) is 7.02. The first-order valence-electron chi connectivity index (χ1n) is 9.56. The van der Waals surface area contributed by atoms with Gasteiger partial charge in [-0.3, -0.25) is 4.79 Å². The third kappa shape index (κ3) is 3.45. The van der Waals surface area contributed by atoms with Crippen molar-refractivity contribution in [2.45, 2.75) is 38.3 Å². The zero-order chi connectivity index (χ0) is 18.9. The van der Waals surface area contributed by atoms with Gasteiger partial charge in [0.1, 0.15) is 12.1 Å². The number of hydrogen-bond donors (Lipinski definition) is 2. The molecule has 1 aliphatic heterocycles. The van der Waals surface area contributed by atoms with Crippen LogP contribution in [0.25, 0.3) is 11.2 Å². The average Bonchev–Trinajstić information content (AvgIpc) is 3.28. The second-order valence-corrected chi connectivity index (χ2v) is 7.13. The molecule has 10 nitrogen and oxygen atoms in total. The summed E-state index contributed by atoms with van der Waals surface area (Å²) in [6.45, 7) is 2.14. The fraction of sp³-hybridized carbons (Fsp3) is 0.444. The van der Waals surface area contributed by atoms with E-state index in [9.17, 15) is 4.79 Å². The van der Waals surface area contributed by atoms with Crippen molar-refractivity contribution in [2.75, 3.05) is 23.7 Å². The zero-order valence-electron chi connectivity index (χ0n) is 15.4. The Morgan fingerprint density at radius 3 is 2.86 bits per heavy atom. The molecule has 1 saturated heterocycles. The van der Waals surface area contributed by atoms with E-state index < -0.39 is 0 Å². The molecule has 1 amide bonds. The molecule has 0 unspecified atom stereocenters. The first-order chi connectivity index (χ1) is 13.8. The van der Waals surface area contributed by atoms with Gasteiger partial charge in [0.2, 0.25) is 11.9 Å². The van der Waals surface area contributed by atoms with Gasteiger partial charge in [-0.25, -0.2) is 15.0 Å². The van der Waals surface area contributed by atoms with E-state index in [1.165, 1.54) is 6.33 Å². The van der Waals surface area contributed by atoms with Crippen LogP contribution in [0.3, 0.4) is 0 Å². The summed E-state index contributed by atoms with van der Waals surface area (Å²) in [5, 5.41) is 6.57. The molecule has 1 saturated carbocycles. The number of fused-ring (bicyclic) bond motifs is 1. The molecule has 10 heteroatoms. The molecular formula is C18H21N9O. The maximum Gasteiger partial charge on any atom is 0.232 e. The molecule has 28 heavy (non-hydrogen) atoms. The van der Waals surface area contributed by atoms with Gasteiger partial charge >= 0.3 is 0 Å². The van der Waals surface area contributed by atoms with Gasteiger partial charge in [0, 0.05) is 38.3 Å². The van der Waals surface area contributed by atoms with Crippen LogP contribution in [0.4, 0.5) is 17.6 Å². The maximum absolute atomic E-state index is 11.9. The Balaban J connectivity index is 1.45. The quantitative estimate of drug-likeness (QED) is 0.636. The van der Waals surface area contributed by atoms with E-state index in [1.807, 2.05) is 9.47 Å². The summed E-state index contributed by atoms with van der Waals surface area (Å²) >= 11 is 0. The van der Waals surface area contributed by atoms with Crippen LogP contribution >= 0.6 is 0 Å². The Bertz CT molecular complexity index is 999. The first-order valence-corrected chi connectivity index (χ1v) is 9.56. The van der Waals surface area contributed by atoms with Crippen LogP contribution in [0, 0.1) is 0 Å². The van der Waals surface area contributed by atoms with Gasteiger partial charge in [0.25, 0.3) is 0 Å². The van der Waals surface area contributed by atoms with Crippen LogP contribution in [-0.2, 0) is 11.3 Å². The lowest BCUT2D eigenvalue weighted by atomic mass is 10.4. The number of likely N-dealkylation sites (tertiary alicyclic amines) is 1. The monoisotopic (exact) mass is 379 g/mol. The van der Waals surface area contributed by atoms with E-state index in [1.54, 1.807) is 18.6 Å². The van der Waals surface area contributed by atoms with Gasteiger partial charge in [0.15, 0.2) is 17.0 Å². The molecule has 5 rings (SSSR count). The summed E-state index contributed by atoms with van der Waals surface area (Å²) in [6, 6.07) is 2.20. The summed E-state index contributed by atoms with van der Waals surface area (Å²) in [6.07, 6.45) is 8.77. The van der Waals surface area contributed by atoms with Crippen molar-refractivity contribution in [1.29, 1.82) is 0 Å². The lowest BCUT2D eigenvalue weighted by Gasteiger charge is -2.16. The normalized spacial score (nSPS) is 16.7. The van der Waals surface area contributed by atoms with Crippen LogP contribution in [0.2, 0.25) is 0 Å². The molecule has 2 aliphatic rings. The largest absolute Gasteiger partial charge is 0.365 e. The molecule has 0 aromatic carbocycles. The van der Waals surface area contributed by atoms with Gasteiger partial charge in [-0.2, -0.15) is 9.97 Å². The number of carbonyl (C=O) groups is 1. The number of rotatable bonds is 7. The van der Waals surface area contributed by atoms with E-state index in [4.69, 9.17) is 0 Å². The van der Waals surface area contributed by atoms with Crippen molar-refractivity contribution in [3.63, 3.8) is 0 Å². The molecule has 2 fully saturated rings. The van der Waals surface area contributed by atoms with Crippen molar-refractivity contribution in [1.82, 2.24) is 34.4 Å². The highest BCUT2D eigenvalue weighted by Gasteiger charge is 2.25. The first kappa shape index (κ1) is 16.8. The minimum atomic E-state index is 0.223. The number of nitrogens with one attached hydrogen (secondary N) is 2. The number of aromatic nitrogens is 6. The number of amides is 1. The zero-order valence-corrected chi connectivity index (χ0v) is 15.4. The van der Waals surface area contributed by atoms with Crippen LogP contribution in [0.1, 0.15) is 25.7 Å². The second-order valence-electron chi connectivity index (χ2n) is 7.13. The number of carbonyl (C=O) groups excluding carboxylic acids is 1. The van der Waals surface area contributed by atoms with E-state index in [0.717, 1.165) is 42.8 Å². The number of anilines is 3. The highest BCUT2D eigenvalue weighted by atomic mass is 16.2. The highest BCUT2D eigenvalue weighted by Crippen LogP contribution is 2.28. The van der Waals surface area contributed by atoms with Gasteiger partial charge in [-0.1, -0.05) is 0 Å². The fourth-order valence-electron chi connectivity index (χ4n) is 3.33. The molecular weight excluding hydrogens is 358 g/mol. The van der Waals surface area contributed by atoms with Crippen molar-refractivity contribution < 1.29 is 4.79 Å². The summed E-state index contributed by atoms with van der Waals surface area (Å²) in [5.74, 6) is 2.02. The Morgan fingerprint density at radius 2 is 2.11 bits per heavy atom. The minimum absolute atomic E-state index is 0.223. The highest BCUT2D eigenvalue weighted by molar-refractivity contribution is 5.85. The molecule has 0 radical (unpaired) electrons. The van der Waals surface area contributed by atoms with Crippen molar-refractivity contribution in [3.05, 3.63) is 24.9 Å². The maximum atomic E-state index is 11.9. The summed E-state index contributed by atoms with van der Waals surface area (Å²) < 4.78 is 1.98. The molecule has 4 heterocycles. The molecule has 1 aliphatic carbocycles. The standard InChI is InChI=1S/C18H21N9O/c28-14-2-1-7-26(14)8-9-27-11-21-15-16(22-12-3-4-12)24-18(25-17(15)27)23-13-5-6-19-10-20-13/h5-6,10-12H,1-4,7-9H2,(H2,19,20,22,23,24,25). The van der Waals surface area contributed by atoms with Crippen molar-refractivity contribution >= 4 is 34.7 Å². The topological polar surface area (TPSA) is 114 Å². The average molecular weight is 379 g/mol. The summed E-state index contributed by atoms with van der Waals surface area (Å²) in [4.78, 5) is 35.7. The number of nitrogens with zero attached hydrogens (tertiary/aromatic N) is 7. The molecule has 144 valence electrons. The lowest BCUT2D eigenvalue weighted by Crippen LogP contribution is -2.28. The number of imidazole rings is 1. The van der Waals surface area contributed by atoms with E-state index >= 15 is 0 Å². The molecule has 0 atom stereocenters. The van der Waals surface area contributed by atoms with Crippen LogP contribution in [-0.4, -0.2) is 59.4 Å². The Kier molecular flexibility index (Phi) is 4.22. The molecule has 0 bridgehead atoms. The van der Waals surface area contributed by atoms with E-state index in [2.05, 4.69) is 35.6 Å². The van der Waals surface area contributed by atoms with Gasteiger partial charge in [-0.15, -0.1) is 0 Å². The molecule has 3 aromatic rings. The van der Waals surface area contributed by atoms with Crippen molar-refractivity contribution in [3.8, 4) is 0 Å². The molecule has 0 spiro atoms. The molecule has 2 N–H and O–H groups in total. The smallest absolute Gasteiger partial charge is 0.232 e. The van der Waals surface area contributed by atoms with E-state index in [-0.39, 0.29) is 5.91 Å².